The number of nitrogens with zero attached hydrogens (tertiary/aromatic N) is 1. The number of ketones is 1. The van der Waals surface area contributed by atoms with E-state index in [1.165, 1.54) is 11.8 Å². The second-order valence-corrected chi connectivity index (χ2v) is 5.91. The standard InChI is InChI=1S/C16H14ClNO3/c1-9(19)10-3-2-4-12(7-10)18-15(20)13-6-5-11(17)8-14(13)16(18)21/h2-5,7,13-14H,6,8H2,1H3/t13-,14+/m1/s1. The fourth-order valence-corrected chi connectivity index (χ4v) is 3.20. The summed E-state index contributed by atoms with van der Waals surface area (Å²) in [5.74, 6) is -1.24. The van der Waals surface area contributed by atoms with Crippen LogP contribution < -0.4 is 4.90 Å². The minimum Gasteiger partial charge on any atom is -0.295 e. The number of hydrogen-bond acceptors (Lipinski definition) is 3. The SMILES string of the molecule is CC(=O)c1cccc(N2C(=O)[C@H]3CC(Cl)=CC[C@H]3C2=O)c1. The second-order valence-electron chi connectivity index (χ2n) is 5.42. The summed E-state index contributed by atoms with van der Waals surface area (Å²) in [4.78, 5) is 37.7. The zero-order valence-corrected chi connectivity index (χ0v) is 12.3. The van der Waals surface area contributed by atoms with Crippen LogP contribution in [0.15, 0.2) is 35.4 Å². The number of rotatable bonds is 2. The van der Waals surface area contributed by atoms with Gasteiger partial charge < -0.3 is 0 Å². The minimum atomic E-state index is -0.379. The van der Waals surface area contributed by atoms with Crippen LogP contribution >= 0.6 is 11.6 Å². The van der Waals surface area contributed by atoms with E-state index in [0.29, 0.717) is 29.1 Å². The van der Waals surface area contributed by atoms with Crippen molar-refractivity contribution < 1.29 is 14.4 Å². The molecule has 1 aliphatic carbocycles. The molecule has 0 unspecified atom stereocenters. The number of carbonyl (C=O) groups excluding carboxylic acids is 3. The maximum absolute atomic E-state index is 12.5. The fraction of sp³-hybridized carbons (Fsp3) is 0.312. The number of benzene rings is 1. The third-order valence-electron chi connectivity index (χ3n) is 4.08. The zero-order chi connectivity index (χ0) is 15.1. The van der Waals surface area contributed by atoms with Gasteiger partial charge in [-0.15, -0.1) is 0 Å². The van der Waals surface area contributed by atoms with Gasteiger partial charge in [-0.2, -0.15) is 0 Å². The van der Waals surface area contributed by atoms with Crippen LogP contribution in [0.3, 0.4) is 0 Å². The summed E-state index contributed by atoms with van der Waals surface area (Å²) in [6, 6.07) is 6.61. The molecule has 0 spiro atoms. The molecule has 5 heteroatoms. The van der Waals surface area contributed by atoms with Crippen molar-refractivity contribution in [2.24, 2.45) is 11.8 Å². The van der Waals surface area contributed by atoms with E-state index in [1.807, 2.05) is 6.08 Å². The van der Waals surface area contributed by atoms with Gasteiger partial charge in [-0.05, 0) is 31.9 Å². The van der Waals surface area contributed by atoms with Crippen molar-refractivity contribution in [3.8, 4) is 0 Å². The first-order valence-corrected chi connectivity index (χ1v) is 7.20. The summed E-state index contributed by atoms with van der Waals surface area (Å²) >= 11 is 5.99. The van der Waals surface area contributed by atoms with Crippen LogP contribution in [0.4, 0.5) is 5.69 Å². The van der Waals surface area contributed by atoms with Gasteiger partial charge in [0, 0.05) is 10.6 Å². The Hall–Kier alpha value is -1.94. The highest BCUT2D eigenvalue weighted by Crippen LogP contribution is 2.40. The number of carbonyl (C=O) groups is 3. The largest absolute Gasteiger partial charge is 0.295 e. The van der Waals surface area contributed by atoms with Crippen LogP contribution in [0.1, 0.15) is 30.1 Å². The molecule has 3 rings (SSSR count). The van der Waals surface area contributed by atoms with Gasteiger partial charge in [-0.3, -0.25) is 19.3 Å². The van der Waals surface area contributed by atoms with E-state index in [0.717, 1.165) is 0 Å². The number of fused-ring (bicyclic) bond motifs is 1. The van der Waals surface area contributed by atoms with Crippen LogP contribution in [0.2, 0.25) is 0 Å². The molecule has 1 heterocycles. The Bertz CT molecular complexity index is 680. The van der Waals surface area contributed by atoms with Gasteiger partial charge in [0.2, 0.25) is 11.8 Å². The summed E-state index contributed by atoms with van der Waals surface area (Å²) in [6.07, 6.45) is 2.72. The Kier molecular flexibility index (Phi) is 3.41. The molecule has 1 aliphatic heterocycles. The second kappa shape index (κ2) is 5.11. The lowest BCUT2D eigenvalue weighted by Crippen LogP contribution is -2.31. The van der Waals surface area contributed by atoms with Crippen molar-refractivity contribution in [1.29, 1.82) is 0 Å². The van der Waals surface area contributed by atoms with Crippen molar-refractivity contribution in [2.75, 3.05) is 4.90 Å². The first kappa shape index (κ1) is 14.0. The van der Waals surface area contributed by atoms with Gasteiger partial charge >= 0.3 is 0 Å². The number of allylic oxidation sites excluding steroid dienone is 2. The molecule has 2 atom stereocenters. The highest BCUT2D eigenvalue weighted by molar-refractivity contribution is 6.30. The number of imide groups is 1. The highest BCUT2D eigenvalue weighted by Gasteiger charge is 2.48. The van der Waals surface area contributed by atoms with Crippen molar-refractivity contribution >= 4 is 34.9 Å². The average Bonchev–Trinajstić information content (AvgIpc) is 2.70. The maximum atomic E-state index is 12.5. The molecule has 0 bridgehead atoms. The molecule has 2 aliphatic rings. The monoisotopic (exact) mass is 303 g/mol. The molecule has 21 heavy (non-hydrogen) atoms. The summed E-state index contributed by atoms with van der Waals surface area (Å²) in [7, 11) is 0. The third kappa shape index (κ3) is 2.29. The summed E-state index contributed by atoms with van der Waals surface area (Å²) in [5.41, 5.74) is 0.947. The van der Waals surface area contributed by atoms with Crippen molar-refractivity contribution in [1.82, 2.24) is 0 Å². The molecule has 1 saturated heterocycles. The average molecular weight is 304 g/mol. The zero-order valence-electron chi connectivity index (χ0n) is 11.5. The molecule has 0 N–H and O–H groups in total. The number of halogens is 1. The van der Waals surface area contributed by atoms with Crippen LogP contribution in [-0.4, -0.2) is 17.6 Å². The fourth-order valence-electron chi connectivity index (χ4n) is 2.95. The van der Waals surface area contributed by atoms with E-state index < -0.39 is 0 Å². The molecular formula is C16H14ClNO3. The van der Waals surface area contributed by atoms with E-state index in [9.17, 15) is 14.4 Å². The minimum absolute atomic E-state index is 0.0990. The van der Waals surface area contributed by atoms with Gasteiger partial charge in [-0.1, -0.05) is 29.8 Å². The Morgan fingerprint density at radius 2 is 1.95 bits per heavy atom. The van der Waals surface area contributed by atoms with Crippen molar-refractivity contribution in [2.45, 2.75) is 19.8 Å². The molecular weight excluding hydrogens is 290 g/mol. The lowest BCUT2D eigenvalue weighted by Gasteiger charge is -2.17. The maximum Gasteiger partial charge on any atom is 0.238 e. The molecule has 0 radical (unpaired) electrons. The van der Waals surface area contributed by atoms with Gasteiger partial charge in [0.1, 0.15) is 0 Å². The predicted octanol–water partition coefficient (Wildman–Crippen LogP) is 2.91. The molecule has 0 aromatic heterocycles. The first-order valence-electron chi connectivity index (χ1n) is 6.82. The van der Waals surface area contributed by atoms with Gasteiger partial charge in [-0.25, -0.2) is 0 Å². The number of anilines is 1. The highest BCUT2D eigenvalue weighted by atomic mass is 35.5. The van der Waals surface area contributed by atoms with E-state index in [2.05, 4.69) is 0 Å². The summed E-state index contributed by atoms with van der Waals surface area (Å²) in [5, 5.41) is 0.636. The lowest BCUT2D eigenvalue weighted by atomic mass is 9.85. The van der Waals surface area contributed by atoms with Crippen LogP contribution in [0.25, 0.3) is 0 Å². The topological polar surface area (TPSA) is 54.5 Å². The smallest absolute Gasteiger partial charge is 0.238 e. The predicted molar refractivity (Wildman–Crippen MR) is 79.1 cm³/mol. The number of amides is 2. The summed E-state index contributed by atoms with van der Waals surface area (Å²) < 4.78 is 0. The quantitative estimate of drug-likeness (QED) is 0.623. The van der Waals surface area contributed by atoms with Gasteiger partial charge in [0.15, 0.2) is 5.78 Å². The third-order valence-corrected chi connectivity index (χ3v) is 4.39. The van der Waals surface area contributed by atoms with Crippen LogP contribution in [0, 0.1) is 11.8 Å². The molecule has 1 aromatic carbocycles. The van der Waals surface area contributed by atoms with Crippen LogP contribution in [0.5, 0.6) is 0 Å². The number of hydrogen-bond donors (Lipinski definition) is 0. The molecule has 1 fully saturated rings. The van der Waals surface area contributed by atoms with Gasteiger partial charge in [0.25, 0.3) is 0 Å². The van der Waals surface area contributed by atoms with E-state index >= 15 is 0 Å². The van der Waals surface area contributed by atoms with Crippen molar-refractivity contribution in [3.05, 3.63) is 40.9 Å². The molecule has 4 nitrogen and oxygen atoms in total. The van der Waals surface area contributed by atoms with E-state index in [4.69, 9.17) is 11.6 Å². The normalized spacial score (nSPS) is 24.9. The van der Waals surface area contributed by atoms with Gasteiger partial charge in [0.05, 0.1) is 17.5 Å². The van der Waals surface area contributed by atoms with E-state index in [1.54, 1.807) is 24.3 Å². The van der Waals surface area contributed by atoms with Crippen molar-refractivity contribution in [3.63, 3.8) is 0 Å². The van der Waals surface area contributed by atoms with E-state index in [-0.39, 0.29) is 29.4 Å². The number of Topliss-reactive ketones (excluding diaryl/α,β-unsaturated/α-hetero) is 1. The molecule has 1 aromatic rings. The molecule has 0 saturated carbocycles. The Balaban J connectivity index is 1.97. The lowest BCUT2D eigenvalue weighted by molar-refractivity contribution is -0.122. The van der Waals surface area contributed by atoms with Crippen LogP contribution in [-0.2, 0) is 9.59 Å². The Morgan fingerprint density at radius 3 is 2.67 bits per heavy atom. The summed E-state index contributed by atoms with van der Waals surface area (Å²) in [6.45, 7) is 1.45. The molecule has 108 valence electrons. The Morgan fingerprint density at radius 1 is 1.24 bits per heavy atom. The first-order chi connectivity index (χ1) is 9.99. The molecule has 2 amide bonds. The Labute approximate surface area is 127 Å².